The zero-order valence-electron chi connectivity index (χ0n) is 18.4. The Morgan fingerprint density at radius 2 is 1.61 bits per heavy atom. The summed E-state index contributed by atoms with van der Waals surface area (Å²) in [6.07, 6.45) is 2.65. The molecular formula is C23H30O6S2. The number of hydrogen-bond acceptors (Lipinski definition) is 7. The molecule has 0 aliphatic rings. The lowest BCUT2D eigenvalue weighted by atomic mass is 10.1. The normalized spacial score (nSPS) is 12.4. The molecule has 8 heteroatoms. The molecule has 0 saturated carbocycles. The lowest BCUT2D eigenvalue weighted by Gasteiger charge is -2.18. The van der Waals surface area contributed by atoms with Gasteiger partial charge in [-0.05, 0) is 67.6 Å². The van der Waals surface area contributed by atoms with Crippen LogP contribution in [0.2, 0.25) is 0 Å². The molecular weight excluding hydrogens is 436 g/mol. The fourth-order valence-electron chi connectivity index (χ4n) is 2.79. The first-order valence-electron chi connectivity index (χ1n) is 10.2. The number of esters is 1. The van der Waals surface area contributed by atoms with E-state index in [1.54, 1.807) is 12.1 Å². The Hall–Kier alpha value is -2.19. The highest BCUT2D eigenvalue weighted by Gasteiger charge is 2.24. The first-order valence-corrected chi connectivity index (χ1v) is 12.9. The first-order chi connectivity index (χ1) is 14.7. The highest BCUT2D eigenvalue weighted by Crippen LogP contribution is 2.30. The highest BCUT2D eigenvalue weighted by atomic mass is 32.2. The average molecular weight is 467 g/mol. The number of benzene rings is 2. The van der Waals surface area contributed by atoms with Crippen LogP contribution in [0.5, 0.6) is 11.5 Å². The number of ether oxygens (including phenoxy) is 2. The van der Waals surface area contributed by atoms with Crippen molar-refractivity contribution in [3.8, 4) is 11.5 Å². The van der Waals surface area contributed by atoms with Crippen molar-refractivity contribution in [1.82, 2.24) is 0 Å². The van der Waals surface area contributed by atoms with Gasteiger partial charge in [-0.1, -0.05) is 26.0 Å². The van der Waals surface area contributed by atoms with Gasteiger partial charge in [0.25, 0.3) is 0 Å². The molecule has 0 N–H and O–H groups in total. The predicted molar refractivity (Wildman–Crippen MR) is 123 cm³/mol. The van der Waals surface area contributed by atoms with E-state index in [0.29, 0.717) is 19.0 Å². The van der Waals surface area contributed by atoms with Crippen molar-refractivity contribution in [2.24, 2.45) is 5.92 Å². The quantitative estimate of drug-likeness (QED) is 0.194. The fourth-order valence-corrected chi connectivity index (χ4v) is 4.28. The van der Waals surface area contributed by atoms with Crippen molar-refractivity contribution in [3.05, 3.63) is 54.1 Å². The summed E-state index contributed by atoms with van der Waals surface area (Å²) in [5.41, 5.74) is 1.08. The van der Waals surface area contributed by atoms with Gasteiger partial charge in [0, 0.05) is 4.90 Å². The maximum absolute atomic E-state index is 12.1. The number of rotatable bonds is 12. The third-order valence-electron chi connectivity index (χ3n) is 4.26. The lowest BCUT2D eigenvalue weighted by molar-refractivity contribution is -0.143. The molecule has 31 heavy (non-hydrogen) atoms. The second-order valence-corrected chi connectivity index (χ2v) is 10.2. The largest absolute Gasteiger partial charge is 0.494 e. The standard InChI is InChI=1S/C23H30O6S2/c1-5-27-23(24)22(17(2)3)30-21-14-12-19(13-15-21)28-16-6-7-18-8-10-20(11-9-18)29-31(4,25)26/h8-15,17,22H,5-7,16H2,1-4H3. The lowest BCUT2D eigenvalue weighted by Crippen LogP contribution is -2.25. The summed E-state index contributed by atoms with van der Waals surface area (Å²) < 4.78 is 38.1. The van der Waals surface area contributed by atoms with Gasteiger partial charge in [-0.15, -0.1) is 11.8 Å². The molecule has 1 unspecified atom stereocenters. The molecule has 2 aromatic carbocycles. The smallest absolute Gasteiger partial charge is 0.319 e. The highest BCUT2D eigenvalue weighted by molar-refractivity contribution is 8.00. The Balaban J connectivity index is 1.78. The van der Waals surface area contributed by atoms with Gasteiger partial charge in [0.2, 0.25) is 0 Å². The van der Waals surface area contributed by atoms with E-state index >= 15 is 0 Å². The molecule has 0 radical (unpaired) electrons. The Kier molecular flexibility index (Phi) is 9.71. The minimum absolute atomic E-state index is 0.173. The van der Waals surface area contributed by atoms with Gasteiger partial charge in [-0.2, -0.15) is 8.42 Å². The zero-order chi connectivity index (χ0) is 22.9. The Morgan fingerprint density at radius 1 is 1.00 bits per heavy atom. The van der Waals surface area contributed by atoms with Crippen LogP contribution in [-0.2, 0) is 26.1 Å². The van der Waals surface area contributed by atoms with E-state index in [-0.39, 0.29) is 17.1 Å². The van der Waals surface area contributed by atoms with Gasteiger partial charge in [0.05, 0.1) is 19.5 Å². The third-order valence-corrected chi connectivity index (χ3v) is 6.29. The molecule has 0 spiro atoms. The summed E-state index contributed by atoms with van der Waals surface area (Å²) in [4.78, 5) is 13.1. The zero-order valence-corrected chi connectivity index (χ0v) is 20.0. The van der Waals surface area contributed by atoms with Crippen molar-refractivity contribution >= 4 is 27.8 Å². The van der Waals surface area contributed by atoms with Crippen LogP contribution in [0.4, 0.5) is 0 Å². The number of hydrogen-bond donors (Lipinski definition) is 0. The molecule has 0 saturated heterocycles. The Bertz CT molecular complexity index is 922. The van der Waals surface area contributed by atoms with Crippen molar-refractivity contribution in [2.75, 3.05) is 19.5 Å². The number of carbonyl (C=O) groups excluding carboxylic acids is 1. The summed E-state index contributed by atoms with van der Waals surface area (Å²) in [5.74, 6) is 1.08. The molecule has 0 aromatic heterocycles. The fraction of sp³-hybridized carbons (Fsp3) is 0.435. The van der Waals surface area contributed by atoms with Crippen LogP contribution in [0, 0.1) is 5.92 Å². The van der Waals surface area contributed by atoms with Gasteiger partial charge < -0.3 is 13.7 Å². The van der Waals surface area contributed by atoms with Gasteiger partial charge in [0.1, 0.15) is 16.7 Å². The monoisotopic (exact) mass is 466 g/mol. The van der Waals surface area contributed by atoms with Crippen LogP contribution in [0.15, 0.2) is 53.4 Å². The maximum Gasteiger partial charge on any atom is 0.319 e. The minimum atomic E-state index is -3.51. The van der Waals surface area contributed by atoms with E-state index in [9.17, 15) is 13.2 Å². The van der Waals surface area contributed by atoms with Gasteiger partial charge in [0.15, 0.2) is 0 Å². The van der Waals surface area contributed by atoms with E-state index < -0.39 is 10.1 Å². The molecule has 0 heterocycles. The van der Waals surface area contributed by atoms with Gasteiger partial charge in [-0.3, -0.25) is 4.79 Å². The van der Waals surface area contributed by atoms with E-state index in [2.05, 4.69) is 0 Å². The summed E-state index contributed by atoms with van der Waals surface area (Å²) in [6.45, 7) is 6.78. The number of carbonyl (C=O) groups is 1. The SMILES string of the molecule is CCOC(=O)C(Sc1ccc(OCCCc2ccc(OS(C)(=O)=O)cc2)cc1)C(C)C. The van der Waals surface area contributed by atoms with E-state index in [4.69, 9.17) is 13.7 Å². The van der Waals surface area contributed by atoms with Crippen molar-refractivity contribution < 1.29 is 26.9 Å². The molecule has 0 aliphatic heterocycles. The van der Waals surface area contributed by atoms with Crippen LogP contribution < -0.4 is 8.92 Å². The second kappa shape index (κ2) is 12.0. The average Bonchev–Trinajstić information content (AvgIpc) is 2.70. The minimum Gasteiger partial charge on any atom is -0.494 e. The third kappa shape index (κ3) is 9.23. The van der Waals surface area contributed by atoms with Crippen LogP contribution in [-0.4, -0.2) is 39.1 Å². The molecule has 0 fully saturated rings. The first kappa shape index (κ1) is 25.1. The Morgan fingerprint density at radius 3 is 2.16 bits per heavy atom. The van der Waals surface area contributed by atoms with Crippen molar-refractivity contribution in [3.63, 3.8) is 0 Å². The van der Waals surface area contributed by atoms with Crippen molar-refractivity contribution in [1.29, 1.82) is 0 Å². The van der Waals surface area contributed by atoms with Gasteiger partial charge in [-0.25, -0.2) is 0 Å². The predicted octanol–water partition coefficient (Wildman–Crippen LogP) is 4.72. The Labute approximate surface area is 189 Å². The maximum atomic E-state index is 12.1. The van der Waals surface area contributed by atoms with Crippen LogP contribution in [0.3, 0.4) is 0 Å². The summed E-state index contributed by atoms with van der Waals surface area (Å²) in [6, 6.07) is 14.7. The van der Waals surface area contributed by atoms with Crippen LogP contribution in [0.25, 0.3) is 0 Å². The molecule has 0 aliphatic carbocycles. The van der Waals surface area contributed by atoms with Crippen LogP contribution >= 0.6 is 11.8 Å². The molecule has 1 atom stereocenters. The molecule has 170 valence electrons. The van der Waals surface area contributed by atoms with Crippen molar-refractivity contribution in [2.45, 2.75) is 43.8 Å². The van der Waals surface area contributed by atoms with E-state index in [1.165, 1.54) is 11.8 Å². The molecule has 2 rings (SSSR count). The summed E-state index contributed by atoms with van der Waals surface area (Å²) in [5, 5.41) is -0.235. The molecule has 0 amide bonds. The van der Waals surface area contributed by atoms with Crippen LogP contribution in [0.1, 0.15) is 32.8 Å². The molecule has 6 nitrogen and oxygen atoms in total. The van der Waals surface area contributed by atoms with Gasteiger partial charge >= 0.3 is 16.1 Å². The number of aryl methyl sites for hydroxylation is 1. The summed E-state index contributed by atoms with van der Waals surface area (Å²) >= 11 is 1.51. The topological polar surface area (TPSA) is 78.9 Å². The summed E-state index contributed by atoms with van der Waals surface area (Å²) in [7, 11) is -3.51. The van der Waals surface area contributed by atoms with E-state index in [0.717, 1.165) is 35.3 Å². The van der Waals surface area contributed by atoms with E-state index in [1.807, 2.05) is 57.2 Å². The molecule has 2 aromatic rings. The number of thioether (sulfide) groups is 1. The second-order valence-electron chi connectivity index (χ2n) is 7.39. The molecule has 0 bridgehead atoms.